The predicted octanol–water partition coefficient (Wildman–Crippen LogP) is 1.48. The van der Waals surface area contributed by atoms with Crippen LogP contribution in [0.5, 0.6) is 0 Å². The molecule has 68 valence electrons. The van der Waals surface area contributed by atoms with E-state index < -0.39 is 4.92 Å². The van der Waals surface area contributed by atoms with Crippen molar-refractivity contribution in [1.29, 1.82) is 5.41 Å². The number of nitrogen functional groups attached to an aromatic ring is 1. The van der Waals surface area contributed by atoms with Gasteiger partial charge in [0.1, 0.15) is 0 Å². The molecular formula is C8H9N3O2. The Hall–Kier alpha value is -1.91. The fourth-order valence-corrected chi connectivity index (χ4v) is 1.13. The van der Waals surface area contributed by atoms with Crippen molar-refractivity contribution in [3.05, 3.63) is 33.4 Å². The summed E-state index contributed by atoms with van der Waals surface area (Å²) < 4.78 is 0. The van der Waals surface area contributed by atoms with Gasteiger partial charge in [0.2, 0.25) is 0 Å². The zero-order valence-electron chi connectivity index (χ0n) is 7.07. The Morgan fingerprint density at radius 1 is 1.62 bits per heavy atom. The Kier molecular flexibility index (Phi) is 2.27. The van der Waals surface area contributed by atoms with Crippen LogP contribution in [0.4, 0.5) is 11.4 Å². The van der Waals surface area contributed by atoms with Crippen LogP contribution in [0.1, 0.15) is 11.1 Å². The summed E-state index contributed by atoms with van der Waals surface area (Å²) in [4.78, 5) is 10.0. The normalized spacial score (nSPS) is 9.62. The number of benzene rings is 1. The SMILES string of the molecule is Cc1c([N+](=O)[O-])ccc(N)c1C=N. The highest BCUT2D eigenvalue weighted by atomic mass is 16.6. The second kappa shape index (κ2) is 3.22. The Bertz CT molecular complexity index is 374. The van der Waals surface area contributed by atoms with Gasteiger partial charge in [-0.05, 0) is 13.0 Å². The average Bonchev–Trinajstić information content (AvgIpc) is 2.04. The minimum atomic E-state index is -0.484. The van der Waals surface area contributed by atoms with Gasteiger partial charge in [0.25, 0.3) is 5.69 Å². The van der Waals surface area contributed by atoms with Gasteiger partial charge in [0.15, 0.2) is 0 Å². The van der Waals surface area contributed by atoms with Crippen molar-refractivity contribution >= 4 is 17.6 Å². The van der Waals surface area contributed by atoms with Gasteiger partial charge in [-0.3, -0.25) is 10.1 Å². The van der Waals surface area contributed by atoms with Crippen LogP contribution >= 0.6 is 0 Å². The van der Waals surface area contributed by atoms with Crippen LogP contribution in [0.25, 0.3) is 0 Å². The zero-order valence-corrected chi connectivity index (χ0v) is 7.07. The molecular weight excluding hydrogens is 170 g/mol. The van der Waals surface area contributed by atoms with Crippen LogP contribution in [0.3, 0.4) is 0 Å². The van der Waals surface area contributed by atoms with Crippen molar-refractivity contribution in [2.75, 3.05) is 5.73 Å². The van der Waals surface area contributed by atoms with E-state index in [1.807, 2.05) is 0 Å². The Morgan fingerprint density at radius 2 is 2.23 bits per heavy atom. The molecule has 0 spiro atoms. The molecule has 1 rings (SSSR count). The van der Waals surface area contributed by atoms with Crippen LogP contribution in [0, 0.1) is 22.4 Å². The van der Waals surface area contributed by atoms with Gasteiger partial charge in [-0.15, -0.1) is 0 Å². The number of nitro benzene ring substituents is 1. The summed E-state index contributed by atoms with van der Waals surface area (Å²) in [6, 6.07) is 2.78. The molecule has 0 heterocycles. The number of hydrogen-bond donors (Lipinski definition) is 2. The second-order valence-electron chi connectivity index (χ2n) is 2.61. The maximum absolute atomic E-state index is 10.5. The van der Waals surface area contributed by atoms with Gasteiger partial charge in [-0.25, -0.2) is 0 Å². The number of hydrogen-bond acceptors (Lipinski definition) is 4. The smallest absolute Gasteiger partial charge is 0.273 e. The topological polar surface area (TPSA) is 93.0 Å². The van der Waals surface area contributed by atoms with Gasteiger partial charge in [0, 0.05) is 29.1 Å². The van der Waals surface area contributed by atoms with Crippen LogP contribution in [0.2, 0.25) is 0 Å². The molecule has 0 atom stereocenters. The van der Waals surface area contributed by atoms with Crippen LogP contribution in [-0.4, -0.2) is 11.1 Å². The molecule has 0 saturated carbocycles. The first kappa shape index (κ1) is 9.18. The van der Waals surface area contributed by atoms with E-state index in [0.29, 0.717) is 16.8 Å². The molecule has 0 saturated heterocycles. The molecule has 3 N–H and O–H groups in total. The zero-order chi connectivity index (χ0) is 10.0. The van der Waals surface area contributed by atoms with Crippen molar-refractivity contribution in [3.63, 3.8) is 0 Å². The molecule has 1 aromatic rings. The summed E-state index contributed by atoms with van der Waals surface area (Å²) in [6.45, 7) is 1.58. The number of rotatable bonds is 2. The van der Waals surface area contributed by atoms with E-state index in [9.17, 15) is 10.1 Å². The van der Waals surface area contributed by atoms with E-state index in [0.717, 1.165) is 6.21 Å². The quantitative estimate of drug-likeness (QED) is 0.311. The van der Waals surface area contributed by atoms with E-state index in [-0.39, 0.29) is 5.69 Å². The summed E-state index contributed by atoms with van der Waals surface area (Å²) in [6.07, 6.45) is 1.03. The standard InChI is InChI=1S/C8H9N3O2/c1-5-6(4-9)7(10)2-3-8(5)11(12)13/h2-4,9H,10H2,1H3. The fourth-order valence-electron chi connectivity index (χ4n) is 1.13. The van der Waals surface area contributed by atoms with E-state index in [1.54, 1.807) is 6.92 Å². The van der Waals surface area contributed by atoms with Gasteiger partial charge in [0.05, 0.1) is 4.92 Å². The Labute approximate surface area is 74.8 Å². The van der Waals surface area contributed by atoms with E-state index >= 15 is 0 Å². The van der Waals surface area contributed by atoms with Gasteiger partial charge >= 0.3 is 0 Å². The summed E-state index contributed by atoms with van der Waals surface area (Å²) in [5.74, 6) is 0. The maximum atomic E-state index is 10.5. The van der Waals surface area contributed by atoms with Gasteiger partial charge in [-0.1, -0.05) is 0 Å². The van der Waals surface area contributed by atoms with Gasteiger partial charge in [-0.2, -0.15) is 0 Å². The number of anilines is 1. The summed E-state index contributed by atoms with van der Waals surface area (Å²) >= 11 is 0. The van der Waals surface area contributed by atoms with Crippen molar-refractivity contribution in [2.45, 2.75) is 6.92 Å². The van der Waals surface area contributed by atoms with Crippen molar-refractivity contribution in [2.24, 2.45) is 0 Å². The van der Waals surface area contributed by atoms with E-state index in [2.05, 4.69) is 0 Å². The molecule has 0 aliphatic rings. The third kappa shape index (κ3) is 1.48. The van der Waals surface area contributed by atoms with Crippen molar-refractivity contribution < 1.29 is 4.92 Å². The molecule has 5 heteroatoms. The third-order valence-electron chi connectivity index (χ3n) is 1.86. The van der Waals surface area contributed by atoms with Crippen LogP contribution in [0.15, 0.2) is 12.1 Å². The molecule has 0 fully saturated rings. The monoisotopic (exact) mass is 179 g/mol. The molecule has 0 unspecified atom stereocenters. The first-order valence-electron chi connectivity index (χ1n) is 3.62. The highest BCUT2D eigenvalue weighted by Gasteiger charge is 2.14. The largest absolute Gasteiger partial charge is 0.398 e. The maximum Gasteiger partial charge on any atom is 0.273 e. The lowest BCUT2D eigenvalue weighted by atomic mass is 10.1. The third-order valence-corrected chi connectivity index (χ3v) is 1.86. The van der Waals surface area contributed by atoms with Crippen molar-refractivity contribution in [3.8, 4) is 0 Å². The summed E-state index contributed by atoms with van der Waals surface area (Å²) in [5.41, 5.74) is 6.75. The van der Waals surface area contributed by atoms with Crippen molar-refractivity contribution in [1.82, 2.24) is 0 Å². The lowest BCUT2D eigenvalue weighted by Gasteiger charge is -2.03. The van der Waals surface area contributed by atoms with Crippen LogP contribution in [-0.2, 0) is 0 Å². The first-order valence-corrected chi connectivity index (χ1v) is 3.62. The number of nitrogens with zero attached hydrogens (tertiary/aromatic N) is 1. The molecule has 0 aliphatic heterocycles. The molecule has 0 radical (unpaired) electrons. The first-order chi connectivity index (χ1) is 6.07. The molecule has 13 heavy (non-hydrogen) atoms. The lowest BCUT2D eigenvalue weighted by Crippen LogP contribution is -2.00. The van der Waals surface area contributed by atoms with Crippen LogP contribution < -0.4 is 5.73 Å². The summed E-state index contributed by atoms with van der Waals surface area (Å²) in [7, 11) is 0. The molecule has 0 aliphatic carbocycles. The Balaban J connectivity index is 3.44. The van der Waals surface area contributed by atoms with Gasteiger partial charge < -0.3 is 11.1 Å². The lowest BCUT2D eigenvalue weighted by molar-refractivity contribution is -0.385. The van der Waals surface area contributed by atoms with E-state index in [4.69, 9.17) is 11.1 Å². The number of nitro groups is 1. The average molecular weight is 179 g/mol. The fraction of sp³-hybridized carbons (Fsp3) is 0.125. The Morgan fingerprint density at radius 3 is 2.69 bits per heavy atom. The minimum absolute atomic E-state index is 0.00676. The molecule has 1 aromatic carbocycles. The number of nitrogens with one attached hydrogen (secondary N) is 1. The molecule has 0 bridgehead atoms. The minimum Gasteiger partial charge on any atom is -0.398 e. The van der Waals surface area contributed by atoms with E-state index in [1.165, 1.54) is 12.1 Å². The molecule has 0 amide bonds. The number of nitrogens with two attached hydrogens (primary N) is 1. The highest BCUT2D eigenvalue weighted by Crippen LogP contribution is 2.24. The molecule has 5 nitrogen and oxygen atoms in total. The predicted molar refractivity (Wildman–Crippen MR) is 50.1 cm³/mol. The highest BCUT2D eigenvalue weighted by molar-refractivity contribution is 5.88. The summed E-state index contributed by atoms with van der Waals surface area (Å²) in [5, 5.41) is 17.5. The molecule has 0 aromatic heterocycles. The second-order valence-corrected chi connectivity index (χ2v) is 2.61.